The largest absolute Gasteiger partial charge is 0.480 e. The number of aryl methyl sites for hydroxylation is 1. The van der Waals surface area contributed by atoms with Gasteiger partial charge in [0.05, 0.1) is 6.54 Å². The van der Waals surface area contributed by atoms with Gasteiger partial charge in [0.25, 0.3) is 0 Å². The van der Waals surface area contributed by atoms with E-state index in [0.717, 1.165) is 0 Å². The topological polar surface area (TPSA) is 120 Å². The number of amides is 2. The molecule has 9 heteroatoms. The molecule has 9 nitrogen and oxygen atoms in total. The van der Waals surface area contributed by atoms with Crippen LogP contribution in [0.2, 0.25) is 0 Å². The predicted molar refractivity (Wildman–Crippen MR) is 71.5 cm³/mol. The molecule has 0 atom stereocenters. The number of nitrogens with zero attached hydrogens (tertiary/aromatic N) is 3. The first kappa shape index (κ1) is 15.2. The molecule has 1 aliphatic rings. The Morgan fingerprint density at radius 2 is 2.14 bits per heavy atom. The van der Waals surface area contributed by atoms with Gasteiger partial charge in [0, 0.05) is 33.1 Å². The van der Waals surface area contributed by atoms with Crippen molar-refractivity contribution in [3.05, 3.63) is 11.6 Å². The maximum atomic E-state index is 12.2. The fraction of sp³-hybridized carbons (Fsp3) is 0.667. The third-order valence-corrected chi connectivity index (χ3v) is 3.47. The molecule has 1 aromatic rings. The lowest BCUT2D eigenvalue weighted by Gasteiger charge is -2.35. The van der Waals surface area contributed by atoms with Crippen molar-refractivity contribution in [1.29, 1.82) is 0 Å². The molecule has 2 rings (SSSR count). The van der Waals surface area contributed by atoms with Crippen LogP contribution in [0.4, 0.5) is 4.79 Å². The summed E-state index contributed by atoms with van der Waals surface area (Å²) in [5, 5.41) is 18.6. The van der Waals surface area contributed by atoms with Crippen molar-refractivity contribution in [3.63, 3.8) is 0 Å². The molecule has 3 N–H and O–H groups in total. The molecule has 0 saturated carbocycles. The van der Waals surface area contributed by atoms with Crippen LogP contribution in [0.1, 0.15) is 24.5 Å². The van der Waals surface area contributed by atoms with Crippen LogP contribution in [-0.4, -0.2) is 63.0 Å². The molecular formula is C12H19N5O4. The second kappa shape index (κ2) is 6.08. The molecule has 116 valence electrons. The Hall–Kier alpha value is -2.16. The Kier molecular flexibility index (Phi) is 4.41. The Labute approximate surface area is 121 Å². The number of rotatable bonds is 4. The number of hydrogen-bond donors (Lipinski definition) is 3. The number of carboxylic acids is 1. The van der Waals surface area contributed by atoms with Crippen molar-refractivity contribution in [2.45, 2.75) is 31.8 Å². The monoisotopic (exact) mass is 297 g/mol. The van der Waals surface area contributed by atoms with Crippen LogP contribution in [0.3, 0.4) is 0 Å². The van der Waals surface area contributed by atoms with Gasteiger partial charge in [-0.2, -0.15) is 5.10 Å². The number of carbonyl (C=O) groups is 2. The van der Waals surface area contributed by atoms with Gasteiger partial charge in [-0.15, -0.1) is 0 Å². The summed E-state index contributed by atoms with van der Waals surface area (Å²) in [4.78, 5) is 29.1. The van der Waals surface area contributed by atoms with Gasteiger partial charge in [0.1, 0.15) is 11.4 Å². The zero-order valence-electron chi connectivity index (χ0n) is 12.0. The third-order valence-electron chi connectivity index (χ3n) is 3.47. The maximum Gasteiger partial charge on any atom is 0.329 e. The average Bonchev–Trinajstić information content (AvgIpc) is 2.85. The highest BCUT2D eigenvalue weighted by Gasteiger charge is 2.42. The van der Waals surface area contributed by atoms with Crippen molar-refractivity contribution in [3.8, 4) is 0 Å². The third kappa shape index (κ3) is 3.48. The van der Waals surface area contributed by atoms with Crippen molar-refractivity contribution in [2.75, 3.05) is 20.3 Å². The summed E-state index contributed by atoms with van der Waals surface area (Å²) >= 11 is 0. The van der Waals surface area contributed by atoms with E-state index in [-0.39, 0.29) is 19.4 Å². The smallest absolute Gasteiger partial charge is 0.329 e. The van der Waals surface area contributed by atoms with Gasteiger partial charge < -0.3 is 20.1 Å². The Morgan fingerprint density at radius 3 is 2.67 bits per heavy atom. The molecule has 1 aromatic heterocycles. The Balaban J connectivity index is 1.99. The lowest BCUT2D eigenvalue weighted by molar-refractivity contribution is -0.148. The number of aliphatic carboxylic acids is 1. The molecule has 0 radical (unpaired) electrons. The van der Waals surface area contributed by atoms with Crippen LogP contribution in [0.15, 0.2) is 0 Å². The van der Waals surface area contributed by atoms with E-state index in [2.05, 4.69) is 20.5 Å². The summed E-state index contributed by atoms with van der Waals surface area (Å²) in [6.45, 7) is 2.59. The SMILES string of the molecule is Cc1nc(CN(C)C(=O)NC2(C(=O)O)CCOCC2)n[nH]1. The number of aromatic amines is 1. The molecule has 0 unspecified atom stereocenters. The molecule has 1 saturated heterocycles. The Bertz CT molecular complexity index is 523. The highest BCUT2D eigenvalue weighted by Crippen LogP contribution is 2.21. The van der Waals surface area contributed by atoms with Gasteiger partial charge in [-0.1, -0.05) is 0 Å². The second-order valence-corrected chi connectivity index (χ2v) is 5.12. The van der Waals surface area contributed by atoms with Crippen molar-refractivity contribution >= 4 is 12.0 Å². The van der Waals surface area contributed by atoms with E-state index in [1.54, 1.807) is 14.0 Å². The van der Waals surface area contributed by atoms with Gasteiger partial charge in [0.2, 0.25) is 0 Å². The van der Waals surface area contributed by atoms with Crippen molar-refractivity contribution < 1.29 is 19.4 Å². The summed E-state index contributed by atoms with van der Waals surface area (Å²) in [7, 11) is 1.57. The number of urea groups is 1. The first-order valence-corrected chi connectivity index (χ1v) is 6.65. The number of carbonyl (C=O) groups excluding carboxylic acids is 1. The molecule has 2 amide bonds. The number of aromatic nitrogens is 3. The van der Waals surface area contributed by atoms with Crippen LogP contribution >= 0.6 is 0 Å². The minimum Gasteiger partial charge on any atom is -0.480 e. The fourth-order valence-corrected chi connectivity index (χ4v) is 2.16. The molecule has 21 heavy (non-hydrogen) atoms. The van der Waals surface area contributed by atoms with Crippen LogP contribution in [-0.2, 0) is 16.1 Å². The number of H-pyrrole nitrogens is 1. The summed E-state index contributed by atoms with van der Waals surface area (Å²) in [6.07, 6.45) is 0.503. The van der Waals surface area contributed by atoms with E-state index in [1.165, 1.54) is 4.90 Å². The van der Waals surface area contributed by atoms with Gasteiger partial charge in [0.15, 0.2) is 5.82 Å². The normalized spacial score (nSPS) is 17.2. The van der Waals surface area contributed by atoms with Crippen LogP contribution in [0.25, 0.3) is 0 Å². The first-order chi connectivity index (χ1) is 9.93. The molecular weight excluding hydrogens is 278 g/mol. The highest BCUT2D eigenvalue weighted by atomic mass is 16.5. The molecule has 0 aliphatic carbocycles. The lowest BCUT2D eigenvalue weighted by atomic mass is 9.90. The van der Waals surface area contributed by atoms with E-state index in [9.17, 15) is 14.7 Å². The van der Waals surface area contributed by atoms with Gasteiger partial charge >= 0.3 is 12.0 Å². The fourth-order valence-electron chi connectivity index (χ4n) is 2.16. The van der Waals surface area contributed by atoms with Gasteiger partial charge in [-0.05, 0) is 6.92 Å². The predicted octanol–water partition coefficient (Wildman–Crippen LogP) is -0.112. The van der Waals surface area contributed by atoms with Gasteiger partial charge in [-0.3, -0.25) is 5.10 Å². The summed E-state index contributed by atoms with van der Waals surface area (Å²) in [5.41, 5.74) is -1.27. The zero-order valence-corrected chi connectivity index (χ0v) is 12.0. The average molecular weight is 297 g/mol. The minimum atomic E-state index is -1.27. The van der Waals surface area contributed by atoms with E-state index in [4.69, 9.17) is 4.74 Å². The number of hydrogen-bond acceptors (Lipinski definition) is 5. The zero-order chi connectivity index (χ0) is 15.5. The first-order valence-electron chi connectivity index (χ1n) is 6.65. The highest BCUT2D eigenvalue weighted by molar-refractivity contribution is 5.86. The minimum absolute atomic E-state index is 0.197. The number of nitrogens with one attached hydrogen (secondary N) is 2. The van der Waals surface area contributed by atoms with Gasteiger partial charge in [-0.25, -0.2) is 14.6 Å². The van der Waals surface area contributed by atoms with Crippen molar-refractivity contribution in [1.82, 2.24) is 25.4 Å². The van der Waals surface area contributed by atoms with Crippen LogP contribution in [0, 0.1) is 6.92 Å². The van der Waals surface area contributed by atoms with E-state index in [0.29, 0.717) is 24.9 Å². The summed E-state index contributed by atoms with van der Waals surface area (Å²) in [6, 6.07) is -0.471. The number of ether oxygens (including phenoxy) is 1. The van der Waals surface area contributed by atoms with E-state index in [1.807, 2.05) is 0 Å². The standard InChI is InChI=1S/C12H19N5O4/c1-8-13-9(16-15-8)7-17(2)11(20)14-12(10(18)19)3-5-21-6-4-12/h3-7H2,1-2H3,(H,14,20)(H,18,19)(H,13,15,16). The molecule has 1 fully saturated rings. The van der Waals surface area contributed by atoms with Crippen molar-refractivity contribution in [2.24, 2.45) is 0 Å². The van der Waals surface area contributed by atoms with Crippen LogP contribution < -0.4 is 5.32 Å². The maximum absolute atomic E-state index is 12.2. The molecule has 0 aromatic carbocycles. The molecule has 2 heterocycles. The summed E-state index contributed by atoms with van der Waals surface area (Å²) in [5.74, 6) is 0.0908. The van der Waals surface area contributed by atoms with E-state index >= 15 is 0 Å². The summed E-state index contributed by atoms with van der Waals surface area (Å²) < 4.78 is 5.16. The Morgan fingerprint density at radius 1 is 1.48 bits per heavy atom. The second-order valence-electron chi connectivity index (χ2n) is 5.12. The van der Waals surface area contributed by atoms with E-state index < -0.39 is 17.5 Å². The van der Waals surface area contributed by atoms with Crippen LogP contribution in [0.5, 0.6) is 0 Å². The lowest BCUT2D eigenvalue weighted by Crippen LogP contribution is -2.59. The molecule has 1 aliphatic heterocycles. The number of carboxylic acid groups (broad SMARTS) is 1. The molecule has 0 bridgehead atoms. The molecule has 0 spiro atoms. The quantitative estimate of drug-likeness (QED) is 0.713.